The molecule has 0 saturated carbocycles. The number of hydrogen-bond acceptors (Lipinski definition) is 0. The van der Waals surface area contributed by atoms with Crippen LogP contribution in [0.3, 0.4) is 0 Å². The molecule has 0 aliphatic rings. The predicted molar refractivity (Wildman–Crippen MR) is 41.1 cm³/mol. The van der Waals surface area contributed by atoms with Crippen molar-refractivity contribution in [3.8, 4) is 0 Å². The fourth-order valence-corrected chi connectivity index (χ4v) is 1.15. The van der Waals surface area contributed by atoms with Crippen molar-refractivity contribution in [2.45, 2.75) is 12.6 Å². The van der Waals surface area contributed by atoms with E-state index in [1.165, 1.54) is 0 Å². The highest BCUT2D eigenvalue weighted by Crippen LogP contribution is 2.29. The van der Waals surface area contributed by atoms with Gasteiger partial charge in [0.05, 0.1) is 11.4 Å². The molecular formula is C8H4ClF5. The molecule has 0 spiro atoms. The zero-order chi connectivity index (χ0) is 10.9. The summed E-state index contributed by atoms with van der Waals surface area (Å²) in [6, 6.07) is 1.29. The molecule has 0 unspecified atom stereocenters. The topological polar surface area (TPSA) is 0 Å². The third-order valence-electron chi connectivity index (χ3n) is 1.52. The molecule has 0 nitrogen and oxygen atoms in total. The number of hydrogen-bond donors (Lipinski definition) is 0. The summed E-state index contributed by atoms with van der Waals surface area (Å²) in [4.78, 5) is 0. The Hall–Kier alpha value is -0.840. The van der Waals surface area contributed by atoms with E-state index in [0.29, 0.717) is 12.1 Å². The van der Waals surface area contributed by atoms with Crippen molar-refractivity contribution in [1.82, 2.24) is 0 Å². The Labute approximate surface area is 81.3 Å². The smallest absolute Gasteiger partial charge is 0.207 e. The molecule has 78 valence electrons. The molecule has 1 aromatic rings. The monoisotopic (exact) mass is 230 g/mol. The third-order valence-corrected chi connectivity index (χ3v) is 1.92. The van der Waals surface area contributed by atoms with E-state index in [4.69, 9.17) is 11.6 Å². The number of benzene rings is 1. The van der Waals surface area contributed by atoms with E-state index in [1.807, 2.05) is 0 Å². The van der Waals surface area contributed by atoms with Gasteiger partial charge in [0.2, 0.25) is 0 Å². The molecule has 0 bridgehead atoms. The summed E-state index contributed by atoms with van der Waals surface area (Å²) < 4.78 is 61.1. The first-order chi connectivity index (χ1) is 6.31. The van der Waals surface area contributed by atoms with Crippen LogP contribution in [0.15, 0.2) is 12.1 Å². The van der Waals surface area contributed by atoms with Crippen LogP contribution in [0.25, 0.3) is 0 Å². The summed E-state index contributed by atoms with van der Waals surface area (Å²) in [6.07, 6.45) is -6.19. The molecular weight excluding hydrogens is 227 g/mol. The minimum atomic E-state index is -4.61. The summed E-state index contributed by atoms with van der Waals surface area (Å²) in [7, 11) is 0. The molecule has 0 aliphatic carbocycles. The maximum Gasteiger partial charge on any atom is 0.393 e. The third kappa shape index (κ3) is 2.57. The van der Waals surface area contributed by atoms with Crippen LogP contribution in [-0.2, 0) is 6.42 Å². The molecule has 0 saturated heterocycles. The lowest BCUT2D eigenvalue weighted by Gasteiger charge is -2.09. The second-order valence-electron chi connectivity index (χ2n) is 2.61. The van der Waals surface area contributed by atoms with E-state index in [0.717, 1.165) is 0 Å². The van der Waals surface area contributed by atoms with Crippen LogP contribution < -0.4 is 0 Å². The maximum absolute atomic E-state index is 12.8. The van der Waals surface area contributed by atoms with Crippen molar-refractivity contribution < 1.29 is 22.0 Å². The summed E-state index contributed by atoms with van der Waals surface area (Å²) in [5, 5.41) is -0.817. The lowest BCUT2D eigenvalue weighted by molar-refractivity contribution is -0.127. The molecule has 14 heavy (non-hydrogen) atoms. The Morgan fingerprint density at radius 2 is 1.57 bits per heavy atom. The van der Waals surface area contributed by atoms with Crippen LogP contribution in [0, 0.1) is 11.6 Å². The molecule has 0 N–H and O–H groups in total. The summed E-state index contributed by atoms with van der Waals surface area (Å²) in [6.45, 7) is 0. The van der Waals surface area contributed by atoms with Crippen LogP contribution in [0.4, 0.5) is 22.0 Å². The highest BCUT2D eigenvalue weighted by molar-refractivity contribution is 6.31. The Kier molecular flexibility index (Phi) is 2.99. The summed E-state index contributed by atoms with van der Waals surface area (Å²) >= 11 is 5.19. The number of halogens is 6. The second kappa shape index (κ2) is 3.73. The van der Waals surface area contributed by atoms with E-state index in [-0.39, 0.29) is 0 Å². The molecule has 0 aliphatic heterocycles. The fourth-order valence-electron chi connectivity index (χ4n) is 0.932. The molecule has 0 radical (unpaired) electrons. The van der Waals surface area contributed by atoms with Crippen LogP contribution in [-0.4, -0.2) is 6.18 Å². The van der Waals surface area contributed by atoms with E-state index in [2.05, 4.69) is 0 Å². The number of rotatable bonds is 1. The molecule has 0 amide bonds. The van der Waals surface area contributed by atoms with E-state index >= 15 is 0 Å². The molecule has 1 aromatic carbocycles. The highest BCUT2D eigenvalue weighted by Gasteiger charge is 2.31. The van der Waals surface area contributed by atoms with Gasteiger partial charge in [0.25, 0.3) is 0 Å². The van der Waals surface area contributed by atoms with Gasteiger partial charge in [-0.1, -0.05) is 11.6 Å². The minimum Gasteiger partial charge on any atom is -0.207 e. The van der Waals surface area contributed by atoms with Crippen molar-refractivity contribution in [2.24, 2.45) is 0 Å². The van der Waals surface area contributed by atoms with Crippen molar-refractivity contribution in [2.75, 3.05) is 0 Å². The van der Waals surface area contributed by atoms with E-state index in [1.54, 1.807) is 0 Å². The molecule has 1 rings (SSSR count). The van der Waals surface area contributed by atoms with Gasteiger partial charge < -0.3 is 0 Å². The first-order valence-corrected chi connectivity index (χ1v) is 3.88. The van der Waals surface area contributed by atoms with Gasteiger partial charge in [-0.15, -0.1) is 0 Å². The van der Waals surface area contributed by atoms with Gasteiger partial charge in [0.15, 0.2) is 0 Å². The Bertz CT molecular complexity index is 344. The zero-order valence-electron chi connectivity index (χ0n) is 6.63. The molecule has 0 heterocycles. The Balaban J connectivity index is 3.13. The van der Waals surface area contributed by atoms with Crippen LogP contribution in [0.5, 0.6) is 0 Å². The predicted octanol–water partition coefficient (Wildman–Crippen LogP) is 3.72. The molecule has 6 heteroatoms. The van der Waals surface area contributed by atoms with Gasteiger partial charge in [-0.05, 0) is 12.1 Å². The highest BCUT2D eigenvalue weighted by atomic mass is 35.5. The normalized spacial score (nSPS) is 11.9. The average Bonchev–Trinajstić information content (AvgIpc) is 2.04. The Morgan fingerprint density at radius 1 is 1.07 bits per heavy atom. The fraction of sp³-hybridized carbons (Fsp3) is 0.250. The van der Waals surface area contributed by atoms with Gasteiger partial charge in [-0.3, -0.25) is 0 Å². The van der Waals surface area contributed by atoms with E-state index < -0.39 is 34.8 Å². The summed E-state index contributed by atoms with van der Waals surface area (Å²) in [5.74, 6) is -2.22. The van der Waals surface area contributed by atoms with Gasteiger partial charge in [0, 0.05) is 5.56 Å². The minimum absolute atomic E-state index is 0.613. The number of alkyl halides is 3. The van der Waals surface area contributed by atoms with Crippen molar-refractivity contribution >= 4 is 11.6 Å². The molecule has 0 fully saturated rings. The van der Waals surface area contributed by atoms with Crippen molar-refractivity contribution in [3.05, 3.63) is 34.4 Å². The standard InChI is InChI=1S/C8H4ClF5/c9-7-4(3-8(12,13)14)5(10)1-2-6(7)11/h1-2H,3H2. The van der Waals surface area contributed by atoms with Gasteiger partial charge in [0.1, 0.15) is 11.6 Å². The lowest BCUT2D eigenvalue weighted by Crippen LogP contribution is -2.13. The summed E-state index contributed by atoms with van der Waals surface area (Å²) in [5.41, 5.74) is -0.862. The van der Waals surface area contributed by atoms with Crippen LogP contribution in [0.2, 0.25) is 5.02 Å². The quantitative estimate of drug-likeness (QED) is 0.509. The van der Waals surface area contributed by atoms with Gasteiger partial charge >= 0.3 is 6.18 Å². The average molecular weight is 231 g/mol. The molecule has 0 aromatic heterocycles. The first kappa shape index (κ1) is 11.2. The van der Waals surface area contributed by atoms with Gasteiger partial charge in [-0.25, -0.2) is 8.78 Å². The van der Waals surface area contributed by atoms with E-state index in [9.17, 15) is 22.0 Å². The van der Waals surface area contributed by atoms with Crippen molar-refractivity contribution in [1.29, 1.82) is 0 Å². The largest absolute Gasteiger partial charge is 0.393 e. The molecule has 0 atom stereocenters. The lowest BCUT2D eigenvalue weighted by atomic mass is 10.1. The van der Waals surface area contributed by atoms with Crippen LogP contribution in [0.1, 0.15) is 5.56 Å². The Morgan fingerprint density at radius 3 is 2.07 bits per heavy atom. The second-order valence-corrected chi connectivity index (χ2v) is 2.99. The maximum atomic E-state index is 12.8. The zero-order valence-corrected chi connectivity index (χ0v) is 7.39. The van der Waals surface area contributed by atoms with Gasteiger partial charge in [-0.2, -0.15) is 13.2 Å². The van der Waals surface area contributed by atoms with Crippen LogP contribution >= 0.6 is 11.6 Å². The van der Waals surface area contributed by atoms with Crippen molar-refractivity contribution in [3.63, 3.8) is 0 Å². The SMILES string of the molecule is Fc1ccc(F)c(CC(F)(F)F)c1Cl. The first-order valence-electron chi connectivity index (χ1n) is 3.50.